The molecule has 2 aliphatic heterocycles. The highest BCUT2D eigenvalue weighted by Gasteiger charge is 2.39. The summed E-state index contributed by atoms with van der Waals surface area (Å²) < 4.78 is 29.8. The molecule has 0 bridgehead atoms. The van der Waals surface area contributed by atoms with Gasteiger partial charge in [-0.15, -0.1) is 32.9 Å². The molecule has 6 rings (SSSR count). The number of hydrogen-bond donors (Lipinski definition) is 5. The van der Waals surface area contributed by atoms with Gasteiger partial charge in [0, 0.05) is 60.2 Å². The van der Waals surface area contributed by atoms with Crippen molar-refractivity contribution >= 4 is 60.4 Å². The Bertz CT molecular complexity index is 1800. The summed E-state index contributed by atoms with van der Waals surface area (Å²) in [5.41, 5.74) is 7.01. The summed E-state index contributed by atoms with van der Waals surface area (Å²) in [6.45, 7) is 2.82. The van der Waals surface area contributed by atoms with E-state index in [4.69, 9.17) is 11.1 Å². The van der Waals surface area contributed by atoms with Crippen molar-refractivity contribution in [2.24, 2.45) is 5.73 Å². The number of benzene rings is 1. The van der Waals surface area contributed by atoms with Gasteiger partial charge in [-0.2, -0.15) is 9.52 Å². The summed E-state index contributed by atoms with van der Waals surface area (Å²) in [5.74, 6) is -0.519. The van der Waals surface area contributed by atoms with Crippen LogP contribution in [0.5, 0.6) is 0 Å². The third-order valence-corrected chi connectivity index (χ3v) is 11.9. The second-order valence-electron chi connectivity index (χ2n) is 10.4. The first-order valence-corrected chi connectivity index (χ1v) is 16.6. The predicted molar refractivity (Wildman–Crippen MR) is 159 cm³/mol. The number of H-pyrrole nitrogens is 1. The number of aromatic amines is 1. The Labute approximate surface area is 254 Å². The van der Waals surface area contributed by atoms with Gasteiger partial charge in [0.1, 0.15) is 10.0 Å². The number of nitrogens with zero attached hydrogens (tertiary/aromatic N) is 6. The van der Waals surface area contributed by atoms with E-state index in [2.05, 4.69) is 43.2 Å². The highest BCUT2D eigenvalue weighted by molar-refractivity contribution is 7.91. The Morgan fingerprint density at radius 1 is 1.23 bits per heavy atom. The molecule has 0 saturated carbocycles. The summed E-state index contributed by atoms with van der Waals surface area (Å²) in [5, 5.41) is 28.2. The number of carbonyl (C=O) groups is 2. The number of aromatic nitrogens is 5. The van der Waals surface area contributed by atoms with Crippen molar-refractivity contribution in [2.75, 3.05) is 19.6 Å². The molecule has 1 saturated heterocycles. The van der Waals surface area contributed by atoms with Crippen LogP contribution in [0.4, 0.5) is 0 Å². The number of thiazole rings is 1. The lowest BCUT2D eigenvalue weighted by Gasteiger charge is -2.40. The maximum absolute atomic E-state index is 13.8. The van der Waals surface area contributed by atoms with Crippen LogP contribution in [-0.4, -0.2) is 92.6 Å². The molecule has 1 fully saturated rings. The number of hydrogen-bond acceptors (Lipinski definition) is 12. The van der Waals surface area contributed by atoms with E-state index in [0.29, 0.717) is 28.3 Å². The van der Waals surface area contributed by atoms with Gasteiger partial charge in [0.2, 0.25) is 5.91 Å². The number of nitrogens with one attached hydrogen (secondary N) is 4. The van der Waals surface area contributed by atoms with Crippen molar-refractivity contribution in [1.29, 1.82) is 5.41 Å². The van der Waals surface area contributed by atoms with E-state index < -0.39 is 16.1 Å². The zero-order valence-electron chi connectivity index (χ0n) is 23.0. The van der Waals surface area contributed by atoms with E-state index in [1.807, 2.05) is 0 Å². The monoisotopic (exact) mass is 643 g/mol. The fraction of sp³-hybridized carbons (Fsp3) is 0.400. The molecule has 2 amide bonds. The van der Waals surface area contributed by atoms with Crippen molar-refractivity contribution < 1.29 is 18.0 Å². The number of thiophene rings is 1. The zero-order chi connectivity index (χ0) is 30.3. The summed E-state index contributed by atoms with van der Waals surface area (Å²) in [6, 6.07) is 6.19. The molecule has 15 nitrogen and oxygen atoms in total. The number of nitrogens with two attached hydrogens (primary N) is 1. The van der Waals surface area contributed by atoms with Crippen molar-refractivity contribution in [3.8, 4) is 0 Å². The number of fused-ring (bicyclic) bond motifs is 2. The molecule has 0 aliphatic carbocycles. The quantitative estimate of drug-likeness (QED) is 0.132. The van der Waals surface area contributed by atoms with Gasteiger partial charge in [0.05, 0.1) is 18.3 Å². The largest absolute Gasteiger partial charge is 0.384 e. The zero-order valence-corrected chi connectivity index (χ0v) is 25.5. The molecule has 1 aromatic carbocycles. The Hall–Kier alpha value is -3.84. The van der Waals surface area contributed by atoms with Crippen molar-refractivity contribution in [2.45, 2.75) is 49.1 Å². The number of amides is 2. The smallest absolute Gasteiger partial charge is 0.283 e. The van der Waals surface area contributed by atoms with Crippen LogP contribution in [0.2, 0.25) is 0 Å². The van der Waals surface area contributed by atoms with E-state index >= 15 is 0 Å². The molecule has 226 valence electrons. The van der Waals surface area contributed by atoms with Crippen LogP contribution in [0.3, 0.4) is 0 Å². The van der Waals surface area contributed by atoms with E-state index in [1.54, 1.807) is 29.2 Å². The number of rotatable bonds is 8. The van der Waals surface area contributed by atoms with Gasteiger partial charge in [0.15, 0.2) is 10.8 Å². The van der Waals surface area contributed by atoms with Crippen LogP contribution in [0, 0.1) is 5.41 Å². The van der Waals surface area contributed by atoms with E-state index in [-0.39, 0.29) is 60.5 Å². The number of carbonyl (C=O) groups excluding carboxylic acids is 2. The topological polar surface area (TPSA) is 216 Å². The van der Waals surface area contributed by atoms with E-state index in [9.17, 15) is 18.0 Å². The fourth-order valence-electron chi connectivity index (χ4n) is 5.17. The van der Waals surface area contributed by atoms with E-state index in [0.717, 1.165) is 33.0 Å². The standard InChI is InChI=1S/C25H29N11O4S3/c1-13-6-17-19(10-28-13)42-24(30-17)25(38)36-5-4-35(12-16(36)9-21(37)29-11-20-31-33-34-32-20)43(39,40)22-8-15-7-14(23(26)27)2-3-18(15)41-22/h2-3,7-8,13,16,28H,4-6,9-12H2,1H3,(H3,26,27)(H,29,37)(H,31,32,33,34). The molecule has 3 aromatic heterocycles. The summed E-state index contributed by atoms with van der Waals surface area (Å²) in [7, 11) is -3.95. The molecule has 4 aromatic rings. The van der Waals surface area contributed by atoms with Crippen LogP contribution in [0.15, 0.2) is 28.5 Å². The van der Waals surface area contributed by atoms with Crippen LogP contribution in [-0.2, 0) is 34.3 Å². The number of sulfonamides is 1. The average Bonchev–Trinajstić information content (AvgIpc) is 3.75. The van der Waals surface area contributed by atoms with E-state index in [1.165, 1.54) is 15.6 Å². The van der Waals surface area contributed by atoms with Crippen molar-refractivity contribution in [3.05, 3.63) is 51.2 Å². The molecule has 6 N–H and O–H groups in total. The van der Waals surface area contributed by atoms with Crippen LogP contribution >= 0.6 is 22.7 Å². The Morgan fingerprint density at radius 3 is 2.84 bits per heavy atom. The minimum absolute atomic E-state index is 0.0342. The predicted octanol–water partition coefficient (Wildman–Crippen LogP) is 0.411. The number of piperazine rings is 1. The molecule has 2 aliphatic rings. The molecule has 18 heteroatoms. The van der Waals surface area contributed by atoms with Gasteiger partial charge in [-0.05, 0) is 36.6 Å². The van der Waals surface area contributed by atoms with Gasteiger partial charge >= 0.3 is 0 Å². The second-order valence-corrected chi connectivity index (χ2v) is 14.8. The van der Waals surface area contributed by atoms with Gasteiger partial charge in [0.25, 0.3) is 15.9 Å². The van der Waals surface area contributed by atoms with Crippen LogP contribution in [0.1, 0.15) is 45.1 Å². The molecule has 5 heterocycles. The van der Waals surface area contributed by atoms with Gasteiger partial charge in [-0.1, -0.05) is 5.21 Å². The minimum Gasteiger partial charge on any atom is -0.384 e. The average molecular weight is 644 g/mol. The lowest BCUT2D eigenvalue weighted by molar-refractivity contribution is -0.122. The Balaban J connectivity index is 1.25. The lowest BCUT2D eigenvalue weighted by atomic mass is 10.1. The first kappa shape index (κ1) is 29.2. The molecule has 43 heavy (non-hydrogen) atoms. The number of tetrazole rings is 1. The second kappa shape index (κ2) is 11.7. The summed E-state index contributed by atoms with van der Waals surface area (Å²) in [4.78, 5) is 33.9. The molecular formula is C25H29N11O4S3. The lowest BCUT2D eigenvalue weighted by Crippen LogP contribution is -2.57. The molecule has 0 spiro atoms. The molecular weight excluding hydrogens is 615 g/mol. The minimum atomic E-state index is -3.95. The third kappa shape index (κ3) is 6.00. The highest BCUT2D eigenvalue weighted by Crippen LogP contribution is 2.33. The third-order valence-electron chi connectivity index (χ3n) is 7.43. The summed E-state index contributed by atoms with van der Waals surface area (Å²) in [6.07, 6.45) is 0.587. The Kier molecular flexibility index (Phi) is 7.94. The van der Waals surface area contributed by atoms with Gasteiger partial charge in [-0.25, -0.2) is 13.4 Å². The first-order chi connectivity index (χ1) is 20.6. The maximum atomic E-state index is 13.8. The first-order valence-electron chi connectivity index (χ1n) is 13.5. The number of amidine groups is 1. The molecule has 0 radical (unpaired) electrons. The molecule has 2 unspecified atom stereocenters. The van der Waals surface area contributed by atoms with Crippen LogP contribution < -0.4 is 16.4 Å². The van der Waals surface area contributed by atoms with Gasteiger partial charge < -0.3 is 21.3 Å². The summed E-state index contributed by atoms with van der Waals surface area (Å²) >= 11 is 2.45. The highest BCUT2D eigenvalue weighted by atomic mass is 32.2. The van der Waals surface area contributed by atoms with Crippen LogP contribution in [0.25, 0.3) is 10.1 Å². The maximum Gasteiger partial charge on any atom is 0.283 e. The van der Waals surface area contributed by atoms with Crippen molar-refractivity contribution in [3.63, 3.8) is 0 Å². The van der Waals surface area contributed by atoms with Gasteiger partial charge in [-0.3, -0.25) is 15.0 Å². The SMILES string of the molecule is CC1Cc2nc(C(=O)N3CCN(S(=O)(=O)c4cc5cc(C(=N)N)ccc5s4)CC3CC(=O)NCc3nn[nH]n3)sc2CN1. The number of nitrogen functional groups attached to an aromatic ring is 1. The Morgan fingerprint density at radius 2 is 2.07 bits per heavy atom. The normalized spacial score (nSPS) is 19.3. The van der Waals surface area contributed by atoms with Crippen molar-refractivity contribution in [1.82, 2.24) is 45.4 Å². The fourth-order valence-corrected chi connectivity index (χ4v) is 9.17. The molecule has 2 atom stereocenters.